The zero-order valence-electron chi connectivity index (χ0n) is 14.6. The van der Waals surface area contributed by atoms with Gasteiger partial charge in [0.15, 0.2) is 9.84 Å². The fourth-order valence-corrected chi connectivity index (χ4v) is 4.88. The molecular formula is C17H19N3O5S2. The van der Waals surface area contributed by atoms with Gasteiger partial charge in [0.25, 0.3) is 5.91 Å². The Hall–Kier alpha value is -2.30. The van der Waals surface area contributed by atoms with Crippen LogP contribution in [0.4, 0.5) is 0 Å². The van der Waals surface area contributed by atoms with Gasteiger partial charge in [-0.3, -0.25) is 9.78 Å². The van der Waals surface area contributed by atoms with Crippen LogP contribution < -0.4 is 0 Å². The van der Waals surface area contributed by atoms with Gasteiger partial charge < -0.3 is 4.90 Å². The van der Waals surface area contributed by atoms with Gasteiger partial charge in [0.1, 0.15) is 4.90 Å². The van der Waals surface area contributed by atoms with Crippen molar-refractivity contribution in [1.82, 2.24) is 14.2 Å². The van der Waals surface area contributed by atoms with E-state index >= 15 is 0 Å². The summed E-state index contributed by atoms with van der Waals surface area (Å²) in [7, 11) is -7.06. The number of piperazine rings is 1. The predicted octanol–water partition coefficient (Wildman–Crippen LogP) is 0.632. The Morgan fingerprint density at radius 2 is 1.63 bits per heavy atom. The first kappa shape index (κ1) is 19.5. The number of pyridine rings is 1. The van der Waals surface area contributed by atoms with Crippen molar-refractivity contribution in [3.8, 4) is 0 Å². The quantitative estimate of drug-likeness (QED) is 0.734. The molecule has 2 heterocycles. The molecule has 1 amide bonds. The molecule has 10 heteroatoms. The molecule has 1 aliphatic rings. The van der Waals surface area contributed by atoms with E-state index in [0.29, 0.717) is 0 Å². The van der Waals surface area contributed by atoms with Crippen LogP contribution in [0.3, 0.4) is 0 Å². The van der Waals surface area contributed by atoms with Gasteiger partial charge in [0.05, 0.1) is 4.90 Å². The summed E-state index contributed by atoms with van der Waals surface area (Å²) in [5.41, 5.74) is 0.265. The lowest BCUT2D eigenvalue weighted by atomic mass is 10.2. The lowest BCUT2D eigenvalue weighted by Crippen LogP contribution is -2.50. The van der Waals surface area contributed by atoms with E-state index in [0.717, 1.165) is 6.26 Å². The van der Waals surface area contributed by atoms with Crippen molar-refractivity contribution in [3.05, 3.63) is 54.4 Å². The maximum Gasteiger partial charge on any atom is 0.253 e. The number of carbonyl (C=O) groups is 1. The maximum atomic E-state index is 12.7. The lowest BCUT2D eigenvalue weighted by molar-refractivity contribution is 0.0697. The van der Waals surface area contributed by atoms with E-state index in [4.69, 9.17) is 0 Å². The highest BCUT2D eigenvalue weighted by molar-refractivity contribution is 7.90. The van der Waals surface area contributed by atoms with Gasteiger partial charge in [-0.1, -0.05) is 6.07 Å². The van der Waals surface area contributed by atoms with Crippen LogP contribution in [-0.2, 0) is 19.9 Å². The second-order valence-corrected chi connectivity index (χ2v) is 10.1. The maximum absolute atomic E-state index is 12.7. The van der Waals surface area contributed by atoms with Crippen LogP contribution in [-0.4, -0.2) is 69.4 Å². The van der Waals surface area contributed by atoms with Crippen LogP contribution in [0.25, 0.3) is 0 Å². The minimum Gasteiger partial charge on any atom is -0.336 e. The number of rotatable bonds is 4. The smallest absolute Gasteiger partial charge is 0.253 e. The van der Waals surface area contributed by atoms with Crippen LogP contribution in [0, 0.1) is 0 Å². The summed E-state index contributed by atoms with van der Waals surface area (Å²) in [5, 5.41) is 0. The standard InChI is InChI=1S/C17H19N3O5S2/c1-26(22,23)15-5-2-4-14(12-15)17(21)19-8-10-20(11-9-19)27(24,25)16-6-3-7-18-13-16/h2-7,12-13H,8-11H2,1H3. The number of carbonyl (C=O) groups excluding carboxylic acids is 1. The van der Waals surface area contributed by atoms with E-state index in [-0.39, 0.29) is 47.4 Å². The summed E-state index contributed by atoms with van der Waals surface area (Å²) in [6.07, 6.45) is 3.88. The molecule has 0 unspecified atom stereocenters. The SMILES string of the molecule is CS(=O)(=O)c1cccc(C(=O)N2CCN(S(=O)(=O)c3cccnc3)CC2)c1. The Balaban J connectivity index is 1.72. The van der Waals surface area contributed by atoms with Gasteiger partial charge in [-0.25, -0.2) is 16.8 Å². The molecule has 1 fully saturated rings. The third kappa shape index (κ3) is 4.18. The highest BCUT2D eigenvalue weighted by atomic mass is 32.2. The average Bonchev–Trinajstić information content (AvgIpc) is 2.67. The second kappa shape index (κ2) is 7.37. The van der Waals surface area contributed by atoms with Crippen molar-refractivity contribution in [2.24, 2.45) is 0 Å². The van der Waals surface area contributed by atoms with Crippen LogP contribution in [0.5, 0.6) is 0 Å². The number of amides is 1. The molecule has 0 aliphatic carbocycles. The summed E-state index contributed by atoms with van der Waals surface area (Å²) in [6, 6.07) is 8.89. The Bertz CT molecular complexity index is 1040. The summed E-state index contributed by atoms with van der Waals surface area (Å²) in [6.45, 7) is 0.770. The number of sulfonamides is 1. The molecular weight excluding hydrogens is 390 g/mol. The van der Waals surface area contributed by atoms with Gasteiger partial charge >= 0.3 is 0 Å². The van der Waals surface area contributed by atoms with Gasteiger partial charge in [-0.15, -0.1) is 0 Å². The number of hydrogen-bond acceptors (Lipinski definition) is 6. The van der Waals surface area contributed by atoms with Crippen molar-refractivity contribution in [2.75, 3.05) is 32.4 Å². The number of hydrogen-bond donors (Lipinski definition) is 0. The first-order valence-electron chi connectivity index (χ1n) is 8.19. The summed E-state index contributed by atoms with van der Waals surface area (Å²) >= 11 is 0. The third-order valence-electron chi connectivity index (χ3n) is 4.31. The predicted molar refractivity (Wildman–Crippen MR) is 98.5 cm³/mol. The van der Waals surface area contributed by atoms with Gasteiger partial charge in [0, 0.05) is 50.4 Å². The molecule has 1 saturated heterocycles. The molecule has 27 heavy (non-hydrogen) atoms. The largest absolute Gasteiger partial charge is 0.336 e. The van der Waals surface area contributed by atoms with Gasteiger partial charge in [-0.2, -0.15) is 4.31 Å². The number of nitrogens with zero attached hydrogens (tertiary/aromatic N) is 3. The molecule has 1 aromatic heterocycles. The average molecular weight is 409 g/mol. The van der Waals surface area contributed by atoms with E-state index < -0.39 is 19.9 Å². The summed E-state index contributed by atoms with van der Waals surface area (Å²) in [5.74, 6) is -0.320. The Kier molecular flexibility index (Phi) is 5.31. The van der Waals surface area contributed by atoms with Crippen LogP contribution in [0.1, 0.15) is 10.4 Å². The molecule has 0 N–H and O–H groups in total. The molecule has 8 nitrogen and oxygen atoms in total. The third-order valence-corrected chi connectivity index (χ3v) is 7.30. The Morgan fingerprint density at radius 3 is 2.22 bits per heavy atom. The first-order chi connectivity index (χ1) is 12.7. The summed E-state index contributed by atoms with van der Waals surface area (Å²) in [4.78, 5) is 18.2. The number of sulfone groups is 1. The van der Waals surface area contributed by atoms with Crippen LogP contribution >= 0.6 is 0 Å². The molecule has 0 atom stereocenters. The van der Waals surface area contributed by atoms with Crippen molar-refractivity contribution < 1.29 is 21.6 Å². The normalized spacial score (nSPS) is 16.3. The van der Waals surface area contributed by atoms with E-state index in [9.17, 15) is 21.6 Å². The molecule has 144 valence electrons. The minimum atomic E-state index is -3.65. The van der Waals surface area contributed by atoms with E-state index in [1.54, 1.807) is 12.1 Å². The van der Waals surface area contributed by atoms with Crippen molar-refractivity contribution in [2.45, 2.75) is 9.79 Å². The van der Waals surface area contributed by atoms with Crippen molar-refractivity contribution >= 4 is 25.8 Å². The fourth-order valence-electron chi connectivity index (χ4n) is 2.82. The Morgan fingerprint density at radius 1 is 0.963 bits per heavy atom. The highest BCUT2D eigenvalue weighted by Crippen LogP contribution is 2.18. The number of benzene rings is 1. The van der Waals surface area contributed by atoms with E-state index in [1.165, 1.54) is 45.9 Å². The highest BCUT2D eigenvalue weighted by Gasteiger charge is 2.30. The fraction of sp³-hybridized carbons (Fsp3) is 0.294. The minimum absolute atomic E-state index is 0.0751. The first-order valence-corrected chi connectivity index (χ1v) is 11.5. The van der Waals surface area contributed by atoms with Crippen LogP contribution in [0.15, 0.2) is 58.6 Å². The molecule has 3 rings (SSSR count). The molecule has 0 saturated carbocycles. The van der Waals surface area contributed by atoms with E-state index in [1.807, 2.05) is 0 Å². The number of aromatic nitrogens is 1. The topological polar surface area (TPSA) is 105 Å². The second-order valence-electron chi connectivity index (χ2n) is 6.19. The molecule has 0 radical (unpaired) electrons. The molecule has 1 aromatic carbocycles. The monoisotopic (exact) mass is 409 g/mol. The van der Waals surface area contributed by atoms with E-state index in [2.05, 4.69) is 4.98 Å². The lowest BCUT2D eigenvalue weighted by Gasteiger charge is -2.34. The summed E-state index contributed by atoms with van der Waals surface area (Å²) < 4.78 is 49.9. The molecule has 0 spiro atoms. The molecule has 2 aromatic rings. The van der Waals surface area contributed by atoms with Crippen molar-refractivity contribution in [1.29, 1.82) is 0 Å². The van der Waals surface area contributed by atoms with Gasteiger partial charge in [0.2, 0.25) is 10.0 Å². The zero-order valence-corrected chi connectivity index (χ0v) is 16.3. The van der Waals surface area contributed by atoms with Crippen LogP contribution in [0.2, 0.25) is 0 Å². The Labute approximate surface area is 158 Å². The van der Waals surface area contributed by atoms with Crippen molar-refractivity contribution in [3.63, 3.8) is 0 Å². The molecule has 0 bridgehead atoms. The molecule has 1 aliphatic heterocycles. The van der Waals surface area contributed by atoms with Gasteiger partial charge in [-0.05, 0) is 30.3 Å². The zero-order chi connectivity index (χ0) is 19.7.